The van der Waals surface area contributed by atoms with Crippen molar-refractivity contribution in [1.29, 1.82) is 0 Å². The van der Waals surface area contributed by atoms with Crippen LogP contribution in [0.25, 0.3) is 0 Å². The molecule has 0 atom stereocenters. The molecule has 0 saturated heterocycles. The Morgan fingerprint density at radius 2 is 1.91 bits per heavy atom. The topological polar surface area (TPSA) is 32.3 Å². The fourth-order valence-electron chi connectivity index (χ4n) is 2.00. The van der Waals surface area contributed by atoms with Crippen LogP contribution < -0.4 is 10.2 Å². The van der Waals surface area contributed by atoms with E-state index in [1.165, 1.54) is 23.9 Å². The molecule has 0 heterocycles. The number of hydrogen-bond donors (Lipinski definition) is 1. The number of anilines is 2. The Kier molecular flexibility index (Phi) is 6.30. The van der Waals surface area contributed by atoms with Crippen LogP contribution in [0.4, 0.5) is 15.8 Å². The Morgan fingerprint density at radius 1 is 1.22 bits per heavy atom. The normalized spacial score (nSPS) is 10.4. The maximum absolute atomic E-state index is 12.8. The van der Waals surface area contributed by atoms with Gasteiger partial charge in [0.25, 0.3) is 0 Å². The fraction of sp³-hybridized carbons (Fsp3) is 0.235. The SMILES string of the molecule is CN(C)c1ccc(Cl)cc1NC(=O)CCSc1ccc(F)cc1. The molecular weight excluding hydrogens is 335 g/mol. The van der Waals surface area contributed by atoms with E-state index in [-0.39, 0.29) is 11.7 Å². The first kappa shape index (κ1) is 17.6. The van der Waals surface area contributed by atoms with E-state index >= 15 is 0 Å². The summed E-state index contributed by atoms with van der Waals surface area (Å²) in [6, 6.07) is 11.6. The standard InChI is InChI=1S/C17H18ClFN2OS/c1-21(2)16-8-3-12(18)11-15(16)20-17(22)9-10-23-14-6-4-13(19)5-7-14/h3-8,11H,9-10H2,1-2H3,(H,20,22). The van der Waals surface area contributed by atoms with Gasteiger partial charge in [0.05, 0.1) is 11.4 Å². The molecule has 0 aliphatic heterocycles. The Labute approximate surface area is 144 Å². The lowest BCUT2D eigenvalue weighted by Crippen LogP contribution is -2.17. The van der Waals surface area contributed by atoms with E-state index in [1.54, 1.807) is 24.3 Å². The average molecular weight is 353 g/mol. The first-order valence-corrected chi connectivity index (χ1v) is 8.47. The van der Waals surface area contributed by atoms with Crippen LogP contribution >= 0.6 is 23.4 Å². The maximum atomic E-state index is 12.8. The van der Waals surface area contributed by atoms with E-state index in [0.717, 1.165) is 10.6 Å². The number of amides is 1. The second-order valence-electron chi connectivity index (χ2n) is 5.16. The zero-order valence-corrected chi connectivity index (χ0v) is 14.5. The van der Waals surface area contributed by atoms with Crippen molar-refractivity contribution in [3.63, 3.8) is 0 Å². The van der Waals surface area contributed by atoms with Crippen LogP contribution in [-0.2, 0) is 4.79 Å². The summed E-state index contributed by atoms with van der Waals surface area (Å²) in [4.78, 5) is 15.0. The summed E-state index contributed by atoms with van der Waals surface area (Å²) in [5.41, 5.74) is 1.59. The van der Waals surface area contributed by atoms with E-state index in [1.807, 2.05) is 25.1 Å². The molecule has 6 heteroatoms. The Hall–Kier alpha value is -1.72. The minimum atomic E-state index is -0.260. The lowest BCUT2D eigenvalue weighted by molar-refractivity contribution is -0.115. The molecule has 0 radical (unpaired) electrons. The zero-order chi connectivity index (χ0) is 16.8. The lowest BCUT2D eigenvalue weighted by Gasteiger charge is -2.18. The first-order valence-electron chi connectivity index (χ1n) is 7.11. The van der Waals surface area contributed by atoms with Crippen molar-refractivity contribution >= 4 is 40.6 Å². The molecule has 3 nitrogen and oxygen atoms in total. The second-order valence-corrected chi connectivity index (χ2v) is 6.76. The summed E-state index contributed by atoms with van der Waals surface area (Å²) in [5.74, 6) is 0.282. The molecule has 2 aromatic rings. The molecule has 23 heavy (non-hydrogen) atoms. The van der Waals surface area contributed by atoms with Crippen molar-refractivity contribution in [3.8, 4) is 0 Å². The third kappa shape index (κ3) is 5.44. The molecule has 2 aromatic carbocycles. The summed E-state index contributed by atoms with van der Waals surface area (Å²) in [6.07, 6.45) is 0.363. The number of benzene rings is 2. The highest BCUT2D eigenvalue weighted by atomic mass is 35.5. The lowest BCUT2D eigenvalue weighted by atomic mass is 10.2. The van der Waals surface area contributed by atoms with E-state index in [4.69, 9.17) is 11.6 Å². The van der Waals surface area contributed by atoms with Crippen molar-refractivity contribution < 1.29 is 9.18 Å². The second kappa shape index (κ2) is 8.22. The average Bonchev–Trinajstić information content (AvgIpc) is 2.49. The number of nitrogens with zero attached hydrogens (tertiary/aromatic N) is 1. The Bertz CT molecular complexity index is 677. The molecular formula is C17H18ClFN2OS. The van der Waals surface area contributed by atoms with Gasteiger partial charge in [0.2, 0.25) is 5.91 Å². The van der Waals surface area contributed by atoms with Crippen molar-refractivity contribution in [3.05, 3.63) is 53.3 Å². The molecule has 0 aliphatic carbocycles. The van der Waals surface area contributed by atoms with Crippen LogP contribution in [0.2, 0.25) is 5.02 Å². The van der Waals surface area contributed by atoms with Gasteiger partial charge in [-0.05, 0) is 42.5 Å². The van der Waals surface area contributed by atoms with Gasteiger partial charge in [0.1, 0.15) is 5.82 Å². The quantitative estimate of drug-likeness (QED) is 0.767. The molecule has 122 valence electrons. The van der Waals surface area contributed by atoms with Crippen molar-refractivity contribution in [2.45, 2.75) is 11.3 Å². The summed E-state index contributed by atoms with van der Waals surface area (Å²) >= 11 is 7.52. The van der Waals surface area contributed by atoms with Crippen LogP contribution in [-0.4, -0.2) is 25.8 Å². The highest BCUT2D eigenvalue weighted by molar-refractivity contribution is 7.99. The van der Waals surface area contributed by atoms with Crippen LogP contribution in [0.3, 0.4) is 0 Å². The van der Waals surface area contributed by atoms with E-state index < -0.39 is 0 Å². The number of carbonyl (C=O) groups is 1. The van der Waals surface area contributed by atoms with Crippen LogP contribution in [0.15, 0.2) is 47.4 Å². The third-order valence-corrected chi connectivity index (χ3v) is 4.37. The van der Waals surface area contributed by atoms with Crippen LogP contribution in [0.1, 0.15) is 6.42 Å². The van der Waals surface area contributed by atoms with Gasteiger partial charge in [0, 0.05) is 36.2 Å². The number of hydrogen-bond acceptors (Lipinski definition) is 3. The minimum Gasteiger partial charge on any atom is -0.376 e. The summed E-state index contributed by atoms with van der Waals surface area (Å²) in [6.45, 7) is 0. The molecule has 0 aliphatic rings. The van der Waals surface area contributed by atoms with E-state index in [0.29, 0.717) is 22.9 Å². The van der Waals surface area contributed by atoms with Gasteiger partial charge >= 0.3 is 0 Å². The third-order valence-electron chi connectivity index (χ3n) is 3.13. The van der Waals surface area contributed by atoms with Gasteiger partial charge in [-0.25, -0.2) is 4.39 Å². The van der Waals surface area contributed by atoms with Gasteiger partial charge in [0.15, 0.2) is 0 Å². The van der Waals surface area contributed by atoms with Gasteiger partial charge < -0.3 is 10.2 Å². The number of carbonyl (C=O) groups excluding carboxylic acids is 1. The Morgan fingerprint density at radius 3 is 2.57 bits per heavy atom. The monoisotopic (exact) mass is 352 g/mol. The predicted octanol–water partition coefficient (Wildman–Crippen LogP) is 4.67. The summed E-state index contributed by atoms with van der Waals surface area (Å²) in [7, 11) is 3.81. The zero-order valence-electron chi connectivity index (χ0n) is 13.0. The van der Waals surface area contributed by atoms with Gasteiger partial charge in [-0.3, -0.25) is 4.79 Å². The molecule has 0 aromatic heterocycles. The molecule has 1 N–H and O–H groups in total. The summed E-state index contributed by atoms with van der Waals surface area (Å²) < 4.78 is 12.8. The number of halogens is 2. The van der Waals surface area contributed by atoms with Gasteiger partial charge in [-0.2, -0.15) is 0 Å². The highest BCUT2D eigenvalue weighted by Crippen LogP contribution is 2.28. The largest absolute Gasteiger partial charge is 0.376 e. The molecule has 0 fully saturated rings. The molecule has 0 saturated carbocycles. The van der Waals surface area contributed by atoms with E-state index in [9.17, 15) is 9.18 Å². The van der Waals surface area contributed by atoms with Crippen LogP contribution in [0.5, 0.6) is 0 Å². The fourth-order valence-corrected chi connectivity index (χ4v) is 3.03. The Balaban J connectivity index is 1.90. The minimum absolute atomic E-state index is 0.0787. The van der Waals surface area contributed by atoms with Gasteiger partial charge in [-0.1, -0.05) is 11.6 Å². The van der Waals surface area contributed by atoms with E-state index in [2.05, 4.69) is 5.32 Å². The summed E-state index contributed by atoms with van der Waals surface area (Å²) in [5, 5.41) is 3.47. The van der Waals surface area contributed by atoms with Crippen molar-refractivity contribution in [2.75, 3.05) is 30.1 Å². The smallest absolute Gasteiger partial charge is 0.225 e. The van der Waals surface area contributed by atoms with Crippen LogP contribution in [0, 0.1) is 5.82 Å². The van der Waals surface area contributed by atoms with Crippen molar-refractivity contribution in [1.82, 2.24) is 0 Å². The number of thioether (sulfide) groups is 1. The molecule has 0 unspecified atom stereocenters. The molecule has 0 bridgehead atoms. The first-order chi connectivity index (χ1) is 11.0. The number of nitrogens with one attached hydrogen (secondary N) is 1. The molecule has 2 rings (SSSR count). The highest BCUT2D eigenvalue weighted by Gasteiger charge is 2.09. The van der Waals surface area contributed by atoms with Gasteiger partial charge in [-0.15, -0.1) is 11.8 Å². The van der Waals surface area contributed by atoms with Crippen molar-refractivity contribution in [2.24, 2.45) is 0 Å². The number of rotatable bonds is 6. The maximum Gasteiger partial charge on any atom is 0.225 e. The molecule has 1 amide bonds. The predicted molar refractivity (Wildman–Crippen MR) is 96.1 cm³/mol. The molecule has 0 spiro atoms.